The number of unbranched alkanes of at least 4 members (excludes halogenated alkanes) is 3. The predicted molar refractivity (Wildman–Crippen MR) is 75.5 cm³/mol. The smallest absolute Gasteiger partial charge is 0.0960 e. The molecule has 0 aliphatic rings. The summed E-state index contributed by atoms with van der Waals surface area (Å²) in [7, 11) is 0. The molecule has 0 bridgehead atoms. The molecule has 0 saturated heterocycles. The molecule has 0 spiro atoms. The molecule has 0 aliphatic carbocycles. The Morgan fingerprint density at radius 1 is 1.06 bits per heavy atom. The summed E-state index contributed by atoms with van der Waals surface area (Å²) in [5.74, 6) is 0. The van der Waals surface area contributed by atoms with Gasteiger partial charge in [0.05, 0.1) is 17.3 Å². The van der Waals surface area contributed by atoms with Crippen molar-refractivity contribution in [1.82, 2.24) is 4.98 Å². The van der Waals surface area contributed by atoms with Crippen molar-refractivity contribution < 1.29 is 5.11 Å². The van der Waals surface area contributed by atoms with Gasteiger partial charge in [-0.3, -0.25) is 4.98 Å². The van der Waals surface area contributed by atoms with Crippen LogP contribution in [0.25, 0.3) is 10.9 Å². The van der Waals surface area contributed by atoms with Crippen LogP contribution < -0.4 is 0 Å². The zero-order valence-electron chi connectivity index (χ0n) is 11.0. The molecule has 96 valence electrons. The summed E-state index contributed by atoms with van der Waals surface area (Å²) in [5.41, 5.74) is 1.76. The van der Waals surface area contributed by atoms with Crippen LogP contribution in [0.4, 0.5) is 0 Å². The Labute approximate surface area is 109 Å². The van der Waals surface area contributed by atoms with Gasteiger partial charge in [0, 0.05) is 5.39 Å². The molecule has 1 aromatic heterocycles. The summed E-state index contributed by atoms with van der Waals surface area (Å²) >= 11 is 0. The quantitative estimate of drug-likeness (QED) is 0.770. The van der Waals surface area contributed by atoms with Gasteiger partial charge in [-0.2, -0.15) is 0 Å². The van der Waals surface area contributed by atoms with Crippen molar-refractivity contribution in [1.29, 1.82) is 0 Å². The molecule has 18 heavy (non-hydrogen) atoms. The van der Waals surface area contributed by atoms with Crippen LogP contribution in [0.15, 0.2) is 36.4 Å². The lowest BCUT2D eigenvalue weighted by Gasteiger charge is -2.10. The third-order valence-electron chi connectivity index (χ3n) is 3.29. The van der Waals surface area contributed by atoms with Crippen LogP contribution in [0.2, 0.25) is 0 Å². The summed E-state index contributed by atoms with van der Waals surface area (Å²) in [6.45, 7) is 2.20. The fourth-order valence-corrected chi connectivity index (χ4v) is 2.18. The van der Waals surface area contributed by atoms with Gasteiger partial charge in [-0.15, -0.1) is 0 Å². The molecule has 2 aromatic rings. The normalized spacial score (nSPS) is 12.8. The third-order valence-corrected chi connectivity index (χ3v) is 3.29. The second-order valence-electron chi connectivity index (χ2n) is 4.79. The Morgan fingerprint density at radius 3 is 2.72 bits per heavy atom. The molecule has 0 fully saturated rings. The van der Waals surface area contributed by atoms with Crippen LogP contribution in [0.1, 0.15) is 50.8 Å². The van der Waals surface area contributed by atoms with E-state index in [2.05, 4.69) is 11.9 Å². The van der Waals surface area contributed by atoms with Crippen molar-refractivity contribution in [3.63, 3.8) is 0 Å². The molecule has 1 heterocycles. The van der Waals surface area contributed by atoms with Crippen LogP contribution in [0.5, 0.6) is 0 Å². The standard InChI is InChI=1S/C16H21NO/c1-2-3-4-5-10-16(18)15-12-11-13-8-6-7-9-14(13)17-15/h6-9,11-12,16,18H,2-5,10H2,1H3. The first kappa shape index (κ1) is 13.0. The number of nitrogens with zero attached hydrogens (tertiary/aromatic N) is 1. The van der Waals surface area contributed by atoms with Gasteiger partial charge in [0.15, 0.2) is 0 Å². The van der Waals surface area contributed by atoms with Crippen molar-refractivity contribution >= 4 is 10.9 Å². The van der Waals surface area contributed by atoms with Crippen molar-refractivity contribution in [2.75, 3.05) is 0 Å². The lowest BCUT2D eigenvalue weighted by Crippen LogP contribution is -2.00. The molecule has 0 saturated carbocycles. The number of pyridine rings is 1. The minimum atomic E-state index is -0.425. The van der Waals surface area contributed by atoms with Gasteiger partial charge in [0.25, 0.3) is 0 Å². The summed E-state index contributed by atoms with van der Waals surface area (Å²) in [5, 5.41) is 11.2. The van der Waals surface area contributed by atoms with Gasteiger partial charge in [0.2, 0.25) is 0 Å². The second-order valence-corrected chi connectivity index (χ2v) is 4.79. The number of hydrogen-bond acceptors (Lipinski definition) is 2. The van der Waals surface area contributed by atoms with Crippen molar-refractivity contribution in [2.45, 2.75) is 45.1 Å². The summed E-state index contributed by atoms with van der Waals surface area (Å²) in [4.78, 5) is 4.52. The molecule has 0 aliphatic heterocycles. The van der Waals surface area contributed by atoms with E-state index in [-0.39, 0.29) is 0 Å². The summed E-state index contributed by atoms with van der Waals surface area (Å²) in [6, 6.07) is 12.0. The third kappa shape index (κ3) is 3.30. The highest BCUT2D eigenvalue weighted by molar-refractivity contribution is 5.78. The highest BCUT2D eigenvalue weighted by Gasteiger charge is 2.09. The van der Waals surface area contributed by atoms with E-state index in [1.165, 1.54) is 19.3 Å². The second kappa shape index (κ2) is 6.50. The van der Waals surface area contributed by atoms with Gasteiger partial charge >= 0.3 is 0 Å². The molecule has 2 nitrogen and oxygen atoms in total. The maximum absolute atomic E-state index is 10.1. The maximum Gasteiger partial charge on any atom is 0.0960 e. The Morgan fingerprint density at radius 2 is 1.89 bits per heavy atom. The van der Waals surface area contributed by atoms with Gasteiger partial charge in [-0.05, 0) is 18.6 Å². The first-order valence-electron chi connectivity index (χ1n) is 6.85. The summed E-state index contributed by atoms with van der Waals surface area (Å²) in [6.07, 6.45) is 5.13. The zero-order chi connectivity index (χ0) is 12.8. The fourth-order valence-electron chi connectivity index (χ4n) is 2.18. The number of aliphatic hydroxyl groups excluding tert-OH is 1. The van der Waals surface area contributed by atoms with Crippen molar-refractivity contribution in [3.8, 4) is 0 Å². The molecule has 1 atom stereocenters. The number of aliphatic hydroxyl groups is 1. The lowest BCUT2D eigenvalue weighted by atomic mass is 10.1. The minimum absolute atomic E-state index is 0.425. The number of hydrogen-bond donors (Lipinski definition) is 1. The summed E-state index contributed by atoms with van der Waals surface area (Å²) < 4.78 is 0. The molecular weight excluding hydrogens is 222 g/mol. The molecular formula is C16H21NO. The molecule has 0 radical (unpaired) electrons. The molecule has 2 rings (SSSR count). The average Bonchev–Trinajstić information content (AvgIpc) is 2.43. The molecule has 0 amide bonds. The van der Waals surface area contributed by atoms with E-state index < -0.39 is 6.10 Å². The van der Waals surface area contributed by atoms with Gasteiger partial charge in [0.1, 0.15) is 0 Å². The van der Waals surface area contributed by atoms with Crippen LogP contribution in [-0.4, -0.2) is 10.1 Å². The SMILES string of the molecule is CCCCCCC(O)c1ccc2ccccc2n1. The first-order chi connectivity index (χ1) is 8.81. The van der Waals surface area contributed by atoms with Gasteiger partial charge in [-0.1, -0.05) is 56.9 Å². The van der Waals surface area contributed by atoms with Crippen LogP contribution in [-0.2, 0) is 0 Å². The first-order valence-corrected chi connectivity index (χ1v) is 6.85. The Kier molecular flexibility index (Phi) is 4.71. The topological polar surface area (TPSA) is 33.1 Å². The zero-order valence-corrected chi connectivity index (χ0v) is 11.0. The molecule has 2 heteroatoms. The van der Waals surface area contributed by atoms with Crippen LogP contribution in [0, 0.1) is 0 Å². The van der Waals surface area contributed by atoms with E-state index in [4.69, 9.17) is 0 Å². The Bertz CT molecular complexity index is 495. The average molecular weight is 243 g/mol. The van der Waals surface area contributed by atoms with Crippen molar-refractivity contribution in [2.24, 2.45) is 0 Å². The minimum Gasteiger partial charge on any atom is -0.387 e. The number of aromatic nitrogens is 1. The molecule has 1 N–H and O–H groups in total. The van der Waals surface area contributed by atoms with E-state index in [1.807, 2.05) is 36.4 Å². The Hall–Kier alpha value is -1.41. The van der Waals surface area contributed by atoms with E-state index in [9.17, 15) is 5.11 Å². The van der Waals surface area contributed by atoms with E-state index in [1.54, 1.807) is 0 Å². The fraction of sp³-hybridized carbons (Fsp3) is 0.438. The number of rotatable bonds is 6. The highest BCUT2D eigenvalue weighted by Crippen LogP contribution is 2.21. The van der Waals surface area contributed by atoms with E-state index >= 15 is 0 Å². The Balaban J connectivity index is 2.01. The van der Waals surface area contributed by atoms with E-state index in [0.29, 0.717) is 0 Å². The van der Waals surface area contributed by atoms with Crippen LogP contribution >= 0.6 is 0 Å². The predicted octanol–water partition coefficient (Wildman–Crippen LogP) is 4.24. The van der Waals surface area contributed by atoms with Crippen LogP contribution in [0.3, 0.4) is 0 Å². The largest absolute Gasteiger partial charge is 0.387 e. The monoisotopic (exact) mass is 243 g/mol. The van der Waals surface area contributed by atoms with Crippen molar-refractivity contribution in [3.05, 3.63) is 42.1 Å². The number of fused-ring (bicyclic) bond motifs is 1. The van der Waals surface area contributed by atoms with E-state index in [0.717, 1.165) is 29.4 Å². The van der Waals surface area contributed by atoms with Gasteiger partial charge in [-0.25, -0.2) is 0 Å². The molecule has 1 unspecified atom stereocenters. The molecule has 1 aromatic carbocycles. The lowest BCUT2D eigenvalue weighted by molar-refractivity contribution is 0.159. The maximum atomic E-state index is 10.1. The van der Waals surface area contributed by atoms with Gasteiger partial charge < -0.3 is 5.11 Å². The highest BCUT2D eigenvalue weighted by atomic mass is 16.3. The number of para-hydroxylation sites is 1. The number of benzene rings is 1.